The quantitative estimate of drug-likeness (QED) is 0.288. The molecular weight excluding hydrogens is 443 g/mol. The van der Waals surface area contributed by atoms with E-state index in [1.54, 1.807) is 29.0 Å². The largest absolute Gasteiger partial charge is 0.443 e. The van der Waals surface area contributed by atoms with E-state index in [1.165, 1.54) is 18.3 Å². The molecule has 4 aromatic rings. The molecule has 2 aromatic heterocycles. The van der Waals surface area contributed by atoms with Gasteiger partial charge in [0, 0.05) is 22.8 Å². The van der Waals surface area contributed by atoms with E-state index in [1.807, 2.05) is 30.3 Å². The van der Waals surface area contributed by atoms with E-state index >= 15 is 0 Å². The van der Waals surface area contributed by atoms with Crippen LogP contribution in [-0.4, -0.2) is 32.2 Å². The molecule has 0 saturated heterocycles. The van der Waals surface area contributed by atoms with Gasteiger partial charge in [-0.15, -0.1) is 0 Å². The molecule has 0 fully saturated rings. The Labute approximate surface area is 193 Å². The molecule has 0 unspecified atom stereocenters. The van der Waals surface area contributed by atoms with Crippen LogP contribution in [0.5, 0.6) is 17.6 Å². The third-order valence-electron chi connectivity index (χ3n) is 5.26. The van der Waals surface area contributed by atoms with E-state index in [-0.39, 0.29) is 30.4 Å². The zero-order valence-electron chi connectivity index (χ0n) is 17.8. The Balaban J connectivity index is 1.16. The number of benzene rings is 2. The molecule has 0 spiro atoms. The maximum absolute atomic E-state index is 13.0. The van der Waals surface area contributed by atoms with Crippen LogP contribution in [0.1, 0.15) is 5.56 Å². The van der Waals surface area contributed by atoms with Crippen molar-refractivity contribution in [3.05, 3.63) is 94.6 Å². The van der Waals surface area contributed by atoms with Crippen molar-refractivity contribution in [2.45, 2.75) is 19.3 Å². The molecule has 34 heavy (non-hydrogen) atoms. The second-order valence-electron chi connectivity index (χ2n) is 7.67. The summed E-state index contributed by atoms with van der Waals surface area (Å²) in [6.45, 7) is 1.10. The summed E-state index contributed by atoms with van der Waals surface area (Å²) in [5, 5.41) is 10.9. The van der Waals surface area contributed by atoms with Crippen LogP contribution in [-0.2, 0) is 17.9 Å². The summed E-state index contributed by atoms with van der Waals surface area (Å²) >= 11 is 0. The van der Waals surface area contributed by atoms with Crippen LogP contribution in [0.4, 0.5) is 10.2 Å². The molecule has 2 aromatic carbocycles. The van der Waals surface area contributed by atoms with Crippen LogP contribution >= 0.6 is 0 Å². The number of nitro groups is 1. The van der Waals surface area contributed by atoms with Crippen LogP contribution in [0.2, 0.25) is 0 Å². The summed E-state index contributed by atoms with van der Waals surface area (Å²) in [6, 6.07) is 17.5. The third kappa shape index (κ3) is 4.86. The molecule has 5 rings (SSSR count). The van der Waals surface area contributed by atoms with Gasteiger partial charge in [-0.3, -0.25) is 4.57 Å². The fourth-order valence-electron chi connectivity index (χ4n) is 3.50. The molecule has 0 aliphatic carbocycles. The lowest BCUT2D eigenvalue weighted by atomic mass is 10.1. The third-order valence-corrected chi connectivity index (χ3v) is 5.26. The number of fused-ring (bicyclic) bond motifs is 1. The van der Waals surface area contributed by atoms with Crippen LogP contribution in [0.15, 0.2) is 73.1 Å². The fraction of sp³-hybridized carbons (Fsp3) is 0.167. The normalized spacial score (nSPS) is 14.8. The van der Waals surface area contributed by atoms with Gasteiger partial charge in [0.15, 0.2) is 0 Å². The van der Waals surface area contributed by atoms with Gasteiger partial charge in [0.2, 0.25) is 5.88 Å². The molecule has 9 nitrogen and oxygen atoms in total. The summed E-state index contributed by atoms with van der Waals surface area (Å²) in [7, 11) is 0. The molecule has 0 saturated carbocycles. The van der Waals surface area contributed by atoms with E-state index in [2.05, 4.69) is 9.97 Å². The van der Waals surface area contributed by atoms with Gasteiger partial charge in [-0.1, -0.05) is 24.3 Å². The van der Waals surface area contributed by atoms with Gasteiger partial charge >= 0.3 is 11.8 Å². The standard InChI is InChI=1S/C24H19FN4O5/c25-19-6-8-20(9-7-19)34-23-10-5-18(11-26-23)17-3-1-16(2-4-17)14-32-21-12-28-13-22(29(30)31)27-24(28)33-15-21/h1-11,13,21H,12,14-15H2/t21-/m0/s1. The number of aromatic nitrogens is 3. The number of rotatable bonds is 7. The minimum atomic E-state index is -0.548. The minimum absolute atomic E-state index is 0.235. The highest BCUT2D eigenvalue weighted by Crippen LogP contribution is 2.25. The van der Waals surface area contributed by atoms with Gasteiger partial charge in [-0.2, -0.15) is 0 Å². The van der Waals surface area contributed by atoms with Gasteiger partial charge in [-0.25, -0.2) is 9.37 Å². The predicted molar refractivity (Wildman–Crippen MR) is 119 cm³/mol. The first-order valence-electron chi connectivity index (χ1n) is 10.5. The van der Waals surface area contributed by atoms with E-state index in [9.17, 15) is 14.5 Å². The smallest absolute Gasteiger partial charge is 0.414 e. The van der Waals surface area contributed by atoms with E-state index < -0.39 is 4.92 Å². The van der Waals surface area contributed by atoms with Crippen molar-refractivity contribution in [1.82, 2.24) is 14.5 Å². The highest BCUT2D eigenvalue weighted by molar-refractivity contribution is 5.63. The van der Waals surface area contributed by atoms with Crippen molar-refractivity contribution in [3.8, 4) is 28.8 Å². The average molecular weight is 462 g/mol. The van der Waals surface area contributed by atoms with Gasteiger partial charge in [-0.05, 0) is 46.4 Å². The van der Waals surface area contributed by atoms with Gasteiger partial charge in [0.1, 0.15) is 30.5 Å². The number of pyridine rings is 1. The maximum Gasteiger partial charge on any atom is 0.414 e. The second-order valence-corrected chi connectivity index (χ2v) is 7.67. The van der Waals surface area contributed by atoms with Crippen LogP contribution in [0.25, 0.3) is 11.1 Å². The molecule has 0 amide bonds. The molecule has 1 atom stereocenters. The number of hydrogen-bond donors (Lipinski definition) is 0. The number of ether oxygens (including phenoxy) is 3. The Bertz CT molecular complexity index is 1290. The van der Waals surface area contributed by atoms with Crippen molar-refractivity contribution in [2.24, 2.45) is 0 Å². The van der Waals surface area contributed by atoms with Crippen LogP contribution in [0.3, 0.4) is 0 Å². The summed E-state index contributed by atoms with van der Waals surface area (Å²) < 4.78 is 31.6. The topological polar surface area (TPSA) is 102 Å². The highest BCUT2D eigenvalue weighted by atomic mass is 19.1. The number of halogens is 1. The maximum atomic E-state index is 13.0. The lowest BCUT2D eigenvalue weighted by Crippen LogP contribution is -2.32. The van der Waals surface area contributed by atoms with Crippen molar-refractivity contribution in [1.29, 1.82) is 0 Å². The summed E-state index contributed by atoms with van der Waals surface area (Å²) in [4.78, 5) is 18.5. The highest BCUT2D eigenvalue weighted by Gasteiger charge is 2.28. The molecule has 0 radical (unpaired) electrons. The van der Waals surface area contributed by atoms with Crippen molar-refractivity contribution >= 4 is 5.82 Å². The van der Waals surface area contributed by atoms with Crippen LogP contribution < -0.4 is 9.47 Å². The Hall–Kier alpha value is -4.31. The molecule has 172 valence electrons. The Morgan fingerprint density at radius 1 is 1.09 bits per heavy atom. The monoisotopic (exact) mass is 462 g/mol. The molecule has 10 heteroatoms. The molecular formula is C24H19FN4O5. The Kier molecular flexibility index (Phi) is 5.88. The number of imidazole rings is 1. The Morgan fingerprint density at radius 2 is 1.85 bits per heavy atom. The average Bonchev–Trinajstić information content (AvgIpc) is 3.29. The van der Waals surface area contributed by atoms with E-state index in [0.717, 1.165) is 16.7 Å². The minimum Gasteiger partial charge on any atom is -0.443 e. The first kappa shape index (κ1) is 21.5. The lowest BCUT2D eigenvalue weighted by Gasteiger charge is -2.22. The zero-order valence-corrected chi connectivity index (χ0v) is 17.8. The van der Waals surface area contributed by atoms with Crippen molar-refractivity contribution < 1.29 is 23.5 Å². The molecule has 0 N–H and O–H groups in total. The Morgan fingerprint density at radius 3 is 2.56 bits per heavy atom. The molecule has 0 bridgehead atoms. The first-order valence-corrected chi connectivity index (χ1v) is 10.5. The second kappa shape index (κ2) is 9.28. The van der Waals surface area contributed by atoms with E-state index in [4.69, 9.17) is 14.2 Å². The first-order chi connectivity index (χ1) is 16.5. The zero-order chi connectivity index (χ0) is 23.5. The van der Waals surface area contributed by atoms with E-state index in [0.29, 0.717) is 24.8 Å². The van der Waals surface area contributed by atoms with Gasteiger partial charge in [0.05, 0.1) is 13.2 Å². The molecule has 1 aliphatic heterocycles. The summed E-state index contributed by atoms with van der Waals surface area (Å²) in [5.41, 5.74) is 2.89. The summed E-state index contributed by atoms with van der Waals surface area (Å²) in [6.07, 6.45) is 2.83. The molecule has 1 aliphatic rings. The lowest BCUT2D eigenvalue weighted by molar-refractivity contribution is -0.389. The SMILES string of the molecule is O=[N+]([O-])c1cn2c(n1)OC[C@@H](OCc1ccc(-c3ccc(Oc4ccc(F)cc4)nc3)cc1)C2. The fourth-order valence-corrected chi connectivity index (χ4v) is 3.50. The number of hydrogen-bond acceptors (Lipinski definition) is 7. The predicted octanol–water partition coefficient (Wildman–Crippen LogP) is 4.76. The van der Waals surface area contributed by atoms with Gasteiger partial charge in [0.25, 0.3) is 0 Å². The number of nitrogens with zero attached hydrogens (tertiary/aromatic N) is 4. The summed E-state index contributed by atoms with van der Waals surface area (Å²) in [5.74, 6) is 0.365. The van der Waals surface area contributed by atoms with Crippen LogP contribution in [0, 0.1) is 15.9 Å². The van der Waals surface area contributed by atoms with Crippen molar-refractivity contribution in [2.75, 3.05) is 6.61 Å². The van der Waals surface area contributed by atoms with Crippen molar-refractivity contribution in [3.63, 3.8) is 0 Å². The molecule has 3 heterocycles. The van der Waals surface area contributed by atoms with Gasteiger partial charge < -0.3 is 24.3 Å².